The van der Waals surface area contributed by atoms with Gasteiger partial charge in [0.05, 0.1) is 17.2 Å². The summed E-state index contributed by atoms with van der Waals surface area (Å²) in [5, 5.41) is 15.7. The number of Topliss-reactive ketones (excluding diaryl/α,β-unsaturated/α-hetero) is 1. The number of carboxylic acids is 1. The number of rotatable bonds is 20. The molecule has 0 radical (unpaired) electrons. The largest absolute Gasteiger partial charge is 0.488 e. The van der Waals surface area contributed by atoms with E-state index in [-0.39, 0.29) is 42.0 Å². The van der Waals surface area contributed by atoms with Crippen LogP contribution in [0.4, 0.5) is 5.69 Å². The van der Waals surface area contributed by atoms with E-state index in [1.165, 1.54) is 11.3 Å². The van der Waals surface area contributed by atoms with Gasteiger partial charge in [-0.05, 0) is 114 Å². The minimum absolute atomic E-state index is 0.0362. The Morgan fingerprint density at radius 1 is 1.19 bits per heavy atom. The van der Waals surface area contributed by atoms with Crippen LogP contribution in [-0.4, -0.2) is 106 Å². The van der Waals surface area contributed by atoms with Gasteiger partial charge in [0.15, 0.2) is 11.9 Å². The van der Waals surface area contributed by atoms with E-state index in [1.54, 1.807) is 24.4 Å². The summed E-state index contributed by atoms with van der Waals surface area (Å²) >= 11 is 1.36. The van der Waals surface area contributed by atoms with E-state index in [0.29, 0.717) is 67.3 Å². The number of aromatic nitrogens is 1. The highest BCUT2D eigenvalue weighted by atomic mass is 32.1. The van der Waals surface area contributed by atoms with Gasteiger partial charge in [0, 0.05) is 49.1 Å². The standard InChI is InChI=1S/C45H70N6O6S/c1-12-44(8,9)39(48-43(56)45(13-2)20-15-16-21-50(45)11)41(53)51(14-3)36(28(4)5)26-38(57-29(6)7)40-47-35(27-58-40)37(52)19-22-49(10)32-23-30-17-18-31(46)24-33(30)34(25-32)42(54)55/h17-18,24,27-28,32,34,36,38-39H,6,12-16,19-23,25-26,46H2,1-5,7-11H3,(H,48,56)(H,54,55). The van der Waals surface area contributed by atoms with Gasteiger partial charge >= 0.3 is 5.97 Å². The van der Waals surface area contributed by atoms with E-state index in [1.807, 2.05) is 45.8 Å². The van der Waals surface area contributed by atoms with Crippen molar-refractivity contribution in [2.24, 2.45) is 11.3 Å². The van der Waals surface area contributed by atoms with Gasteiger partial charge in [-0.2, -0.15) is 0 Å². The fourth-order valence-electron chi connectivity index (χ4n) is 8.85. The zero-order chi connectivity index (χ0) is 43.1. The molecule has 2 aliphatic rings. The second-order valence-electron chi connectivity index (χ2n) is 17.7. The van der Waals surface area contributed by atoms with Gasteiger partial charge in [0.25, 0.3) is 0 Å². The second kappa shape index (κ2) is 20.0. The number of benzene rings is 1. The van der Waals surface area contributed by atoms with Crippen molar-refractivity contribution < 1.29 is 29.0 Å². The number of likely N-dealkylation sites (N-methyl/N-ethyl adjacent to an activating group) is 3. The number of nitrogen functional groups attached to an aromatic ring is 1. The monoisotopic (exact) mass is 823 g/mol. The Kier molecular flexibility index (Phi) is 16.1. The molecule has 4 N–H and O–H groups in total. The van der Waals surface area contributed by atoms with Crippen LogP contribution < -0.4 is 11.1 Å². The number of fused-ring (bicyclic) bond motifs is 1. The highest BCUT2D eigenvalue weighted by Crippen LogP contribution is 2.37. The summed E-state index contributed by atoms with van der Waals surface area (Å²) in [6.45, 7) is 21.9. The van der Waals surface area contributed by atoms with Crippen LogP contribution in [0.2, 0.25) is 0 Å². The first-order chi connectivity index (χ1) is 27.3. The van der Waals surface area contributed by atoms with Crippen molar-refractivity contribution in [1.82, 2.24) is 25.0 Å². The Morgan fingerprint density at radius 2 is 1.90 bits per heavy atom. The van der Waals surface area contributed by atoms with Crippen molar-refractivity contribution in [3.63, 3.8) is 0 Å². The molecule has 0 spiro atoms. The first-order valence-corrected chi connectivity index (χ1v) is 22.1. The number of piperidine rings is 1. The lowest BCUT2D eigenvalue weighted by Gasteiger charge is -2.46. The molecule has 1 aromatic heterocycles. The molecule has 12 nitrogen and oxygen atoms in total. The van der Waals surface area contributed by atoms with Crippen molar-refractivity contribution in [2.45, 2.75) is 149 Å². The number of nitrogens with zero attached hydrogens (tertiary/aromatic N) is 4. The van der Waals surface area contributed by atoms with Crippen LogP contribution >= 0.6 is 11.3 Å². The molecule has 13 heteroatoms. The lowest BCUT2D eigenvalue weighted by atomic mass is 9.78. The number of carboxylic acid groups (broad SMARTS) is 1. The van der Waals surface area contributed by atoms with Crippen molar-refractivity contribution >= 4 is 40.6 Å². The number of nitrogens with one attached hydrogen (secondary N) is 1. The zero-order valence-corrected chi connectivity index (χ0v) is 37.5. The summed E-state index contributed by atoms with van der Waals surface area (Å²) in [6.07, 6.45) is 5.35. The minimum Gasteiger partial charge on any atom is -0.488 e. The molecular weight excluding hydrogens is 753 g/mol. The van der Waals surface area contributed by atoms with E-state index in [9.17, 15) is 24.3 Å². The highest BCUT2D eigenvalue weighted by Gasteiger charge is 2.47. The lowest BCUT2D eigenvalue weighted by Crippen LogP contribution is -2.65. The SMILES string of the molecule is C=C(C)OC(CC(C(C)C)N(CC)C(=O)C(NC(=O)C1(CC)CCCCN1C)C(C)(C)CC)c1nc(C(=O)CCN(C)C2Cc3ccc(N)cc3C(C(=O)O)C2)cs1. The van der Waals surface area contributed by atoms with Crippen molar-refractivity contribution in [1.29, 1.82) is 0 Å². The minimum atomic E-state index is -0.877. The van der Waals surface area contributed by atoms with E-state index < -0.39 is 35.0 Å². The summed E-state index contributed by atoms with van der Waals surface area (Å²) in [4.78, 5) is 65.8. The summed E-state index contributed by atoms with van der Waals surface area (Å²) in [5.41, 5.74) is 7.46. The molecule has 322 valence electrons. The summed E-state index contributed by atoms with van der Waals surface area (Å²) in [7, 11) is 3.95. The topological polar surface area (TPSA) is 158 Å². The summed E-state index contributed by atoms with van der Waals surface area (Å²) in [5.74, 6) is -1.30. The van der Waals surface area contributed by atoms with Crippen molar-refractivity contribution in [3.05, 3.63) is 57.7 Å². The van der Waals surface area contributed by atoms with Crippen LogP contribution in [0.1, 0.15) is 145 Å². The molecule has 2 amide bonds. The van der Waals surface area contributed by atoms with E-state index in [4.69, 9.17) is 15.5 Å². The number of ether oxygens (including phenoxy) is 1. The molecule has 1 aliphatic carbocycles. The van der Waals surface area contributed by atoms with Gasteiger partial charge < -0.3 is 30.7 Å². The molecule has 58 heavy (non-hydrogen) atoms. The average Bonchev–Trinajstić information content (AvgIpc) is 3.68. The first kappa shape index (κ1) is 46.9. The molecule has 2 aromatic rings. The second-order valence-corrected chi connectivity index (χ2v) is 18.5. The van der Waals surface area contributed by atoms with Crippen LogP contribution in [0.3, 0.4) is 0 Å². The molecular formula is C45H70N6O6S. The predicted octanol–water partition coefficient (Wildman–Crippen LogP) is 7.45. The normalized spacial score (nSPS) is 21.5. The van der Waals surface area contributed by atoms with Crippen LogP contribution in [0.15, 0.2) is 35.9 Å². The van der Waals surface area contributed by atoms with Crippen LogP contribution in [-0.2, 0) is 25.5 Å². The molecule has 6 unspecified atom stereocenters. The maximum absolute atomic E-state index is 14.9. The number of carbonyl (C=O) groups excluding carboxylic acids is 3. The smallest absolute Gasteiger partial charge is 0.311 e. The number of aliphatic carboxylic acids is 1. The number of thiazole rings is 1. The number of ketones is 1. The molecule has 0 saturated carbocycles. The Labute approximate surface area is 351 Å². The third kappa shape index (κ3) is 10.7. The van der Waals surface area contributed by atoms with Gasteiger partial charge in [0.1, 0.15) is 16.7 Å². The number of hydrogen-bond acceptors (Lipinski definition) is 10. The molecule has 1 aromatic carbocycles. The molecule has 1 aliphatic heterocycles. The highest BCUT2D eigenvalue weighted by molar-refractivity contribution is 7.09. The molecule has 0 bridgehead atoms. The average molecular weight is 823 g/mol. The molecule has 1 saturated heterocycles. The molecule has 2 heterocycles. The van der Waals surface area contributed by atoms with Gasteiger partial charge in [-0.25, -0.2) is 4.98 Å². The third-order valence-electron chi connectivity index (χ3n) is 13.1. The molecule has 4 rings (SSSR count). The van der Waals surface area contributed by atoms with Crippen LogP contribution in [0, 0.1) is 11.3 Å². The number of likely N-dealkylation sites (tertiary alicyclic amines) is 1. The van der Waals surface area contributed by atoms with Gasteiger partial charge in [-0.1, -0.05) is 54.2 Å². The lowest BCUT2D eigenvalue weighted by molar-refractivity contribution is -0.147. The van der Waals surface area contributed by atoms with E-state index in [2.05, 4.69) is 49.4 Å². The first-order valence-electron chi connectivity index (χ1n) is 21.2. The number of nitrogens with two attached hydrogens (primary N) is 1. The number of anilines is 1. The molecule has 1 fully saturated rings. The number of carbonyl (C=O) groups is 4. The van der Waals surface area contributed by atoms with Gasteiger partial charge in [-0.15, -0.1) is 11.3 Å². The predicted molar refractivity (Wildman–Crippen MR) is 232 cm³/mol. The maximum Gasteiger partial charge on any atom is 0.311 e. The van der Waals surface area contributed by atoms with E-state index >= 15 is 0 Å². The zero-order valence-electron chi connectivity index (χ0n) is 36.7. The fraction of sp³-hybridized carbons (Fsp3) is 0.667. The molecule has 6 atom stereocenters. The summed E-state index contributed by atoms with van der Waals surface area (Å²) in [6, 6.07) is 4.43. The third-order valence-corrected chi connectivity index (χ3v) is 14.0. The Bertz CT molecular complexity index is 1780. The van der Waals surface area contributed by atoms with Crippen molar-refractivity contribution in [3.8, 4) is 0 Å². The van der Waals surface area contributed by atoms with Crippen LogP contribution in [0.5, 0.6) is 0 Å². The number of hydrogen-bond donors (Lipinski definition) is 3. The number of allylic oxidation sites excluding steroid dienone is 1. The maximum atomic E-state index is 14.9. The van der Waals surface area contributed by atoms with Crippen molar-refractivity contribution in [2.75, 3.05) is 39.5 Å². The number of amides is 2. The van der Waals surface area contributed by atoms with Gasteiger partial charge in [-0.3, -0.25) is 24.1 Å². The Hall–Kier alpha value is -3.81. The summed E-state index contributed by atoms with van der Waals surface area (Å²) < 4.78 is 6.32. The van der Waals surface area contributed by atoms with Gasteiger partial charge in [0.2, 0.25) is 11.8 Å². The Balaban J connectivity index is 1.51. The Morgan fingerprint density at radius 3 is 2.48 bits per heavy atom. The fourth-order valence-corrected chi connectivity index (χ4v) is 9.71. The van der Waals surface area contributed by atoms with E-state index in [0.717, 1.165) is 36.9 Å². The quantitative estimate of drug-likeness (QED) is 0.0696. The van der Waals surface area contributed by atoms with Crippen LogP contribution in [0.25, 0.3) is 0 Å².